The fourth-order valence-corrected chi connectivity index (χ4v) is 1.78. The van der Waals surface area contributed by atoms with Crippen molar-refractivity contribution < 1.29 is 28.4 Å². The van der Waals surface area contributed by atoms with Gasteiger partial charge in [0.25, 0.3) is 5.69 Å². The van der Waals surface area contributed by atoms with Gasteiger partial charge in [-0.1, -0.05) is 0 Å². The molecule has 0 radical (unpaired) electrons. The van der Waals surface area contributed by atoms with Crippen molar-refractivity contribution in [3.05, 3.63) is 52.3 Å². The summed E-state index contributed by atoms with van der Waals surface area (Å²) >= 11 is 0. The first-order valence-electron chi connectivity index (χ1n) is 6.56. The molecule has 1 heterocycles. The first kappa shape index (κ1) is 16.2. The van der Waals surface area contributed by atoms with Crippen LogP contribution in [-0.2, 0) is 14.3 Å². The van der Waals surface area contributed by atoms with Crippen molar-refractivity contribution in [2.75, 3.05) is 7.11 Å². The molecule has 1 aromatic heterocycles. The Kier molecular flexibility index (Phi) is 4.75. The van der Waals surface area contributed by atoms with Crippen molar-refractivity contribution in [1.82, 2.24) is 0 Å². The number of benzene rings is 1. The van der Waals surface area contributed by atoms with Gasteiger partial charge in [0.15, 0.2) is 6.10 Å². The van der Waals surface area contributed by atoms with E-state index in [2.05, 4.69) is 4.74 Å². The molecule has 0 saturated carbocycles. The SMILES string of the molecule is COC(=O)C(C)OC(=O)c1ccc(-c2ccc([N+](=O)[O-])cc2)o1. The van der Waals surface area contributed by atoms with E-state index in [0.29, 0.717) is 11.3 Å². The molecule has 2 aromatic rings. The van der Waals surface area contributed by atoms with Crippen LogP contribution in [-0.4, -0.2) is 30.1 Å². The molecule has 0 aliphatic rings. The zero-order valence-electron chi connectivity index (χ0n) is 12.3. The Balaban J connectivity index is 2.12. The molecule has 0 amide bonds. The van der Waals surface area contributed by atoms with Crippen LogP contribution in [0.5, 0.6) is 0 Å². The van der Waals surface area contributed by atoms with Crippen molar-refractivity contribution in [1.29, 1.82) is 0 Å². The smallest absolute Gasteiger partial charge is 0.375 e. The number of hydrogen-bond acceptors (Lipinski definition) is 7. The Morgan fingerprint density at radius 3 is 2.39 bits per heavy atom. The summed E-state index contributed by atoms with van der Waals surface area (Å²) in [6.07, 6.45) is -1.06. The van der Waals surface area contributed by atoms with Crippen LogP contribution in [0.25, 0.3) is 11.3 Å². The molecule has 0 N–H and O–H groups in total. The van der Waals surface area contributed by atoms with Crippen LogP contribution in [0.3, 0.4) is 0 Å². The van der Waals surface area contributed by atoms with Gasteiger partial charge in [0, 0.05) is 17.7 Å². The summed E-state index contributed by atoms with van der Waals surface area (Å²) in [4.78, 5) is 33.2. The first-order chi connectivity index (χ1) is 10.9. The number of esters is 2. The number of carbonyl (C=O) groups excluding carboxylic acids is 2. The van der Waals surface area contributed by atoms with Gasteiger partial charge in [-0.05, 0) is 31.2 Å². The monoisotopic (exact) mass is 319 g/mol. The Morgan fingerprint density at radius 1 is 1.17 bits per heavy atom. The number of hydrogen-bond donors (Lipinski definition) is 0. The summed E-state index contributed by atoms with van der Waals surface area (Å²) in [6.45, 7) is 1.38. The van der Waals surface area contributed by atoms with Crippen molar-refractivity contribution in [2.45, 2.75) is 13.0 Å². The minimum Gasteiger partial charge on any atom is -0.466 e. The van der Waals surface area contributed by atoms with Gasteiger partial charge in [0.2, 0.25) is 5.76 Å². The highest BCUT2D eigenvalue weighted by Crippen LogP contribution is 2.25. The lowest BCUT2D eigenvalue weighted by molar-refractivity contribution is -0.384. The number of ether oxygens (including phenoxy) is 2. The highest BCUT2D eigenvalue weighted by atomic mass is 16.6. The highest BCUT2D eigenvalue weighted by Gasteiger charge is 2.21. The van der Waals surface area contributed by atoms with Gasteiger partial charge in [-0.3, -0.25) is 10.1 Å². The predicted molar refractivity (Wildman–Crippen MR) is 77.7 cm³/mol. The second-order valence-electron chi connectivity index (χ2n) is 4.54. The van der Waals surface area contributed by atoms with Gasteiger partial charge in [-0.2, -0.15) is 0 Å². The third-order valence-corrected chi connectivity index (χ3v) is 2.99. The molecule has 0 spiro atoms. The fourth-order valence-electron chi connectivity index (χ4n) is 1.78. The molecule has 1 unspecified atom stereocenters. The zero-order chi connectivity index (χ0) is 17.0. The molecular formula is C15H13NO7. The van der Waals surface area contributed by atoms with Gasteiger partial charge in [0.1, 0.15) is 5.76 Å². The maximum atomic E-state index is 11.9. The van der Waals surface area contributed by atoms with Crippen LogP contribution in [0.4, 0.5) is 5.69 Å². The standard InChI is InChI=1S/C15H13NO7/c1-9(14(17)21-2)22-15(18)13-8-7-12(23-13)10-3-5-11(6-4-10)16(19)20/h3-9H,1-2H3. The molecule has 0 saturated heterocycles. The van der Waals surface area contributed by atoms with E-state index in [0.717, 1.165) is 0 Å². The number of non-ortho nitro benzene ring substituents is 1. The molecule has 0 aliphatic carbocycles. The second kappa shape index (κ2) is 6.73. The van der Waals surface area contributed by atoms with Crippen molar-refractivity contribution in [3.63, 3.8) is 0 Å². The van der Waals surface area contributed by atoms with Gasteiger partial charge in [0.05, 0.1) is 12.0 Å². The number of nitro benzene ring substituents is 1. The average Bonchev–Trinajstić information content (AvgIpc) is 3.04. The van der Waals surface area contributed by atoms with Crippen molar-refractivity contribution >= 4 is 17.6 Å². The van der Waals surface area contributed by atoms with E-state index < -0.39 is 23.0 Å². The number of nitro groups is 1. The summed E-state index contributed by atoms with van der Waals surface area (Å²) in [6, 6.07) is 8.58. The van der Waals surface area contributed by atoms with Crippen LogP contribution in [0, 0.1) is 10.1 Å². The maximum absolute atomic E-state index is 11.9. The number of nitrogens with zero attached hydrogens (tertiary/aromatic N) is 1. The van der Waals surface area contributed by atoms with E-state index in [1.807, 2.05) is 0 Å². The largest absolute Gasteiger partial charge is 0.466 e. The lowest BCUT2D eigenvalue weighted by Crippen LogP contribution is -2.25. The van der Waals surface area contributed by atoms with Crippen LogP contribution >= 0.6 is 0 Å². The Hall–Kier alpha value is -3.16. The minimum absolute atomic E-state index is 0.0492. The van der Waals surface area contributed by atoms with Gasteiger partial charge >= 0.3 is 11.9 Å². The molecule has 2 rings (SSSR count). The molecule has 1 aromatic carbocycles. The van der Waals surface area contributed by atoms with Gasteiger partial charge in [-0.25, -0.2) is 9.59 Å². The van der Waals surface area contributed by atoms with E-state index in [-0.39, 0.29) is 11.4 Å². The third kappa shape index (κ3) is 3.73. The normalized spacial score (nSPS) is 11.6. The summed E-state index contributed by atoms with van der Waals surface area (Å²) in [5, 5.41) is 10.6. The van der Waals surface area contributed by atoms with E-state index >= 15 is 0 Å². The van der Waals surface area contributed by atoms with Crippen LogP contribution in [0.1, 0.15) is 17.5 Å². The Labute approximate surface area is 130 Å². The van der Waals surface area contributed by atoms with E-state index in [1.54, 1.807) is 0 Å². The molecule has 23 heavy (non-hydrogen) atoms. The molecule has 0 aliphatic heterocycles. The first-order valence-corrected chi connectivity index (χ1v) is 6.56. The second-order valence-corrected chi connectivity index (χ2v) is 4.54. The summed E-state index contributed by atoms with van der Waals surface area (Å²) in [5.41, 5.74) is 0.516. The van der Waals surface area contributed by atoms with Crippen LogP contribution < -0.4 is 0 Å². The van der Waals surface area contributed by atoms with Gasteiger partial charge < -0.3 is 13.9 Å². The minimum atomic E-state index is -1.06. The number of furan rings is 1. The number of methoxy groups -OCH3 is 1. The summed E-state index contributed by atoms with van der Waals surface area (Å²) in [7, 11) is 1.19. The van der Waals surface area contributed by atoms with Crippen molar-refractivity contribution in [3.8, 4) is 11.3 Å². The fraction of sp³-hybridized carbons (Fsp3) is 0.200. The molecular weight excluding hydrogens is 306 g/mol. The van der Waals surface area contributed by atoms with Crippen molar-refractivity contribution in [2.24, 2.45) is 0 Å². The average molecular weight is 319 g/mol. The maximum Gasteiger partial charge on any atom is 0.375 e. The molecule has 1 atom stereocenters. The molecule has 8 nitrogen and oxygen atoms in total. The lowest BCUT2D eigenvalue weighted by atomic mass is 10.1. The quantitative estimate of drug-likeness (QED) is 0.473. The van der Waals surface area contributed by atoms with Gasteiger partial charge in [-0.15, -0.1) is 0 Å². The predicted octanol–water partition coefficient (Wildman–Crippen LogP) is 2.57. The highest BCUT2D eigenvalue weighted by molar-refractivity contribution is 5.89. The molecule has 0 fully saturated rings. The van der Waals surface area contributed by atoms with Crippen LogP contribution in [0.15, 0.2) is 40.8 Å². The van der Waals surface area contributed by atoms with E-state index in [1.165, 1.54) is 50.4 Å². The number of rotatable bonds is 5. The topological polar surface area (TPSA) is 109 Å². The Bertz CT molecular complexity index is 733. The van der Waals surface area contributed by atoms with E-state index in [4.69, 9.17) is 9.15 Å². The Morgan fingerprint density at radius 2 is 1.83 bits per heavy atom. The summed E-state index contributed by atoms with van der Waals surface area (Å²) in [5.74, 6) is -1.23. The van der Waals surface area contributed by atoms with E-state index in [9.17, 15) is 19.7 Å². The number of carbonyl (C=O) groups is 2. The summed E-state index contributed by atoms with van der Waals surface area (Å²) < 4.78 is 14.7. The molecule has 0 bridgehead atoms. The zero-order valence-corrected chi connectivity index (χ0v) is 12.3. The molecule has 120 valence electrons. The van der Waals surface area contributed by atoms with Crippen LogP contribution in [0.2, 0.25) is 0 Å². The molecule has 8 heteroatoms. The third-order valence-electron chi connectivity index (χ3n) is 2.99. The lowest BCUT2D eigenvalue weighted by Gasteiger charge is -2.09.